The van der Waals surface area contributed by atoms with Crippen LogP contribution in [0.15, 0.2) is 12.4 Å². The Kier molecular flexibility index (Phi) is 6.74. The van der Waals surface area contributed by atoms with E-state index in [1.165, 1.54) is 12.8 Å². The number of anilines is 2. The van der Waals surface area contributed by atoms with Gasteiger partial charge in [-0.15, -0.1) is 0 Å². The Morgan fingerprint density at radius 1 is 1.15 bits per heavy atom. The van der Waals surface area contributed by atoms with Crippen LogP contribution in [0.4, 0.5) is 16.4 Å². The monoisotopic (exact) mass is 374 g/mol. The molecule has 1 saturated heterocycles. The minimum Gasteiger partial charge on any atom is -0.382 e. The van der Waals surface area contributed by atoms with Crippen molar-refractivity contribution in [1.82, 2.24) is 15.3 Å². The number of carbonyl (C=O) groups excluding carboxylic acids is 1. The van der Waals surface area contributed by atoms with Crippen LogP contribution in [0.2, 0.25) is 0 Å². The Labute approximate surface area is 162 Å². The third-order valence-corrected chi connectivity index (χ3v) is 6.19. The Morgan fingerprint density at radius 2 is 1.78 bits per heavy atom. The van der Waals surface area contributed by atoms with E-state index in [1.807, 2.05) is 12.4 Å². The van der Waals surface area contributed by atoms with Crippen molar-refractivity contribution in [2.24, 2.45) is 23.5 Å². The van der Waals surface area contributed by atoms with Gasteiger partial charge in [-0.2, -0.15) is 0 Å². The molecule has 0 bridgehead atoms. The normalized spacial score (nSPS) is 24.0. The van der Waals surface area contributed by atoms with Gasteiger partial charge >= 0.3 is 6.03 Å². The van der Waals surface area contributed by atoms with E-state index in [2.05, 4.69) is 39.3 Å². The molecule has 0 spiro atoms. The lowest BCUT2D eigenvalue weighted by atomic mass is 9.86. The van der Waals surface area contributed by atoms with E-state index < -0.39 is 6.03 Å². The van der Waals surface area contributed by atoms with Gasteiger partial charge in [0.05, 0.1) is 18.1 Å². The molecule has 2 heterocycles. The number of urea groups is 1. The molecular formula is C20H34N6O. The van der Waals surface area contributed by atoms with Crippen LogP contribution in [-0.4, -0.2) is 41.7 Å². The van der Waals surface area contributed by atoms with E-state index in [9.17, 15) is 4.79 Å². The predicted octanol–water partition coefficient (Wildman–Crippen LogP) is 2.99. The number of piperidine rings is 1. The van der Waals surface area contributed by atoms with Gasteiger partial charge in [-0.05, 0) is 56.3 Å². The average molecular weight is 375 g/mol. The van der Waals surface area contributed by atoms with Gasteiger partial charge in [-0.3, -0.25) is 0 Å². The topological polar surface area (TPSA) is 96.2 Å². The van der Waals surface area contributed by atoms with Crippen LogP contribution < -0.4 is 21.3 Å². The molecule has 0 atom stereocenters. The molecule has 1 saturated carbocycles. The van der Waals surface area contributed by atoms with E-state index >= 15 is 0 Å². The van der Waals surface area contributed by atoms with Crippen LogP contribution in [0.3, 0.4) is 0 Å². The molecule has 2 aliphatic rings. The van der Waals surface area contributed by atoms with Crippen LogP contribution in [0.5, 0.6) is 0 Å². The van der Waals surface area contributed by atoms with Gasteiger partial charge in [0.1, 0.15) is 0 Å². The van der Waals surface area contributed by atoms with Crippen molar-refractivity contribution in [3.63, 3.8) is 0 Å². The summed E-state index contributed by atoms with van der Waals surface area (Å²) < 4.78 is 0. The summed E-state index contributed by atoms with van der Waals surface area (Å²) in [7, 11) is 0. The standard InChI is InChI=1S/C20H34N6O/c1-14(2)16-7-9-26(10-8-16)20-23-12-18(13-24-20)22-11-15-3-5-17(6-4-15)25-19(21)27/h12-17,22H,3-11H2,1-2H3,(H3,21,25,27). The number of amides is 2. The highest BCUT2D eigenvalue weighted by Crippen LogP contribution is 2.27. The fraction of sp³-hybridized carbons (Fsp3) is 0.750. The second-order valence-corrected chi connectivity index (χ2v) is 8.45. The molecular weight excluding hydrogens is 340 g/mol. The quantitative estimate of drug-likeness (QED) is 0.711. The number of primary amides is 1. The maximum Gasteiger partial charge on any atom is 0.312 e. The number of hydrogen-bond acceptors (Lipinski definition) is 5. The molecule has 1 aliphatic carbocycles. The average Bonchev–Trinajstić information content (AvgIpc) is 2.67. The molecule has 2 fully saturated rings. The minimum absolute atomic E-state index is 0.237. The van der Waals surface area contributed by atoms with Crippen molar-refractivity contribution in [2.45, 2.75) is 58.4 Å². The number of rotatable bonds is 6. The third-order valence-electron chi connectivity index (χ3n) is 6.19. The molecule has 7 nitrogen and oxygen atoms in total. The first kappa shape index (κ1) is 19.7. The van der Waals surface area contributed by atoms with Crippen molar-refractivity contribution in [3.8, 4) is 0 Å². The summed E-state index contributed by atoms with van der Waals surface area (Å²) in [6.45, 7) is 7.66. The molecule has 27 heavy (non-hydrogen) atoms. The number of carbonyl (C=O) groups is 1. The molecule has 1 aromatic heterocycles. The van der Waals surface area contributed by atoms with Crippen LogP contribution in [-0.2, 0) is 0 Å². The summed E-state index contributed by atoms with van der Waals surface area (Å²) in [5.74, 6) is 3.06. The highest BCUT2D eigenvalue weighted by atomic mass is 16.2. The number of nitrogens with two attached hydrogens (primary N) is 1. The second-order valence-electron chi connectivity index (χ2n) is 8.45. The van der Waals surface area contributed by atoms with Gasteiger partial charge < -0.3 is 21.3 Å². The maximum atomic E-state index is 10.9. The highest BCUT2D eigenvalue weighted by Gasteiger charge is 2.23. The lowest BCUT2D eigenvalue weighted by molar-refractivity contribution is 0.236. The molecule has 1 aliphatic heterocycles. The van der Waals surface area contributed by atoms with Crippen LogP contribution in [0.1, 0.15) is 52.4 Å². The zero-order valence-corrected chi connectivity index (χ0v) is 16.7. The van der Waals surface area contributed by atoms with Crippen molar-refractivity contribution < 1.29 is 4.79 Å². The molecule has 3 rings (SSSR count). The Balaban J connectivity index is 1.40. The van der Waals surface area contributed by atoms with E-state index in [0.29, 0.717) is 5.92 Å². The Morgan fingerprint density at radius 3 is 2.33 bits per heavy atom. The number of hydrogen-bond donors (Lipinski definition) is 3. The largest absolute Gasteiger partial charge is 0.382 e. The molecule has 2 amide bonds. The molecule has 1 aromatic rings. The zero-order valence-electron chi connectivity index (χ0n) is 16.7. The van der Waals surface area contributed by atoms with Gasteiger partial charge in [0.25, 0.3) is 0 Å². The van der Waals surface area contributed by atoms with Gasteiger partial charge in [0.15, 0.2) is 0 Å². The molecule has 0 aromatic carbocycles. The van der Waals surface area contributed by atoms with Crippen LogP contribution >= 0.6 is 0 Å². The van der Waals surface area contributed by atoms with E-state index in [1.54, 1.807) is 0 Å². The summed E-state index contributed by atoms with van der Waals surface area (Å²) in [4.78, 5) is 22.4. The fourth-order valence-corrected chi connectivity index (χ4v) is 4.32. The van der Waals surface area contributed by atoms with Crippen molar-refractivity contribution >= 4 is 17.7 Å². The Hall–Kier alpha value is -2.05. The van der Waals surface area contributed by atoms with E-state index in [0.717, 1.165) is 68.8 Å². The van der Waals surface area contributed by atoms with Crippen molar-refractivity contribution in [2.75, 3.05) is 29.9 Å². The number of nitrogens with one attached hydrogen (secondary N) is 2. The summed E-state index contributed by atoms with van der Waals surface area (Å²) >= 11 is 0. The lowest BCUT2D eigenvalue weighted by Gasteiger charge is -2.33. The summed E-state index contributed by atoms with van der Waals surface area (Å²) in [5, 5.41) is 6.28. The highest BCUT2D eigenvalue weighted by molar-refractivity contribution is 5.71. The molecule has 150 valence electrons. The van der Waals surface area contributed by atoms with Crippen molar-refractivity contribution in [1.29, 1.82) is 0 Å². The molecule has 0 radical (unpaired) electrons. The van der Waals surface area contributed by atoms with Gasteiger partial charge in [-0.1, -0.05) is 13.8 Å². The van der Waals surface area contributed by atoms with Gasteiger partial charge in [0, 0.05) is 25.7 Å². The number of aromatic nitrogens is 2. The van der Waals surface area contributed by atoms with Crippen LogP contribution in [0.25, 0.3) is 0 Å². The smallest absolute Gasteiger partial charge is 0.312 e. The molecule has 0 unspecified atom stereocenters. The summed E-state index contributed by atoms with van der Waals surface area (Å²) in [5.41, 5.74) is 6.18. The van der Waals surface area contributed by atoms with Gasteiger partial charge in [0.2, 0.25) is 5.95 Å². The van der Waals surface area contributed by atoms with Crippen LogP contribution in [0, 0.1) is 17.8 Å². The van der Waals surface area contributed by atoms with E-state index in [4.69, 9.17) is 5.73 Å². The van der Waals surface area contributed by atoms with Crippen molar-refractivity contribution in [3.05, 3.63) is 12.4 Å². The third kappa shape index (κ3) is 5.71. The second kappa shape index (κ2) is 9.24. The number of nitrogens with zero attached hydrogens (tertiary/aromatic N) is 3. The van der Waals surface area contributed by atoms with Gasteiger partial charge in [-0.25, -0.2) is 14.8 Å². The first-order chi connectivity index (χ1) is 13.0. The molecule has 7 heteroatoms. The maximum absolute atomic E-state index is 10.9. The minimum atomic E-state index is -0.415. The lowest BCUT2D eigenvalue weighted by Crippen LogP contribution is -2.41. The first-order valence-corrected chi connectivity index (χ1v) is 10.4. The summed E-state index contributed by atoms with van der Waals surface area (Å²) in [6.07, 6.45) is 10.5. The first-order valence-electron chi connectivity index (χ1n) is 10.4. The zero-order chi connectivity index (χ0) is 19.2. The predicted molar refractivity (Wildman–Crippen MR) is 109 cm³/mol. The Bertz CT molecular complexity index is 589. The SMILES string of the molecule is CC(C)C1CCN(c2ncc(NCC3CCC(NC(N)=O)CC3)cn2)CC1. The molecule has 4 N–H and O–H groups in total. The fourth-order valence-electron chi connectivity index (χ4n) is 4.32. The van der Waals surface area contributed by atoms with E-state index in [-0.39, 0.29) is 6.04 Å². The summed E-state index contributed by atoms with van der Waals surface area (Å²) in [6, 6.07) is -0.177.